The Bertz CT molecular complexity index is 375. The summed E-state index contributed by atoms with van der Waals surface area (Å²) in [5, 5.41) is 10.2. The monoisotopic (exact) mass is 237 g/mol. The minimum Gasteiger partial charge on any atom is -0.357 e. The van der Waals surface area contributed by atoms with Crippen molar-refractivity contribution in [2.45, 2.75) is 39.2 Å². The Morgan fingerprint density at radius 2 is 2.06 bits per heavy atom. The molecular formula is C11H19N5O. The second-order valence-corrected chi connectivity index (χ2v) is 4.05. The maximum absolute atomic E-state index is 5.17. The normalized spacial score (nSPS) is 14.5. The van der Waals surface area contributed by atoms with Gasteiger partial charge in [-0.2, -0.15) is 4.98 Å². The minimum absolute atomic E-state index is 0.450. The van der Waals surface area contributed by atoms with Crippen molar-refractivity contribution in [3.05, 3.63) is 11.7 Å². The molecule has 6 nitrogen and oxygen atoms in total. The highest BCUT2D eigenvalue weighted by atomic mass is 16.5. The fourth-order valence-corrected chi connectivity index (χ4v) is 1.49. The lowest BCUT2D eigenvalue weighted by Gasteiger charge is -2.07. The van der Waals surface area contributed by atoms with Crippen LogP contribution in [0, 0.1) is 0 Å². The highest BCUT2D eigenvalue weighted by Gasteiger charge is 2.29. The first-order valence-corrected chi connectivity index (χ1v) is 6.18. The molecule has 1 aliphatic carbocycles. The van der Waals surface area contributed by atoms with Crippen LogP contribution in [0.25, 0.3) is 0 Å². The van der Waals surface area contributed by atoms with E-state index in [-0.39, 0.29) is 0 Å². The van der Waals surface area contributed by atoms with E-state index < -0.39 is 0 Å². The Morgan fingerprint density at radius 1 is 1.35 bits per heavy atom. The summed E-state index contributed by atoms with van der Waals surface area (Å²) in [6, 6.07) is 0. The van der Waals surface area contributed by atoms with Gasteiger partial charge in [-0.1, -0.05) is 5.16 Å². The molecule has 1 aliphatic rings. The van der Waals surface area contributed by atoms with Crippen molar-refractivity contribution < 1.29 is 4.52 Å². The van der Waals surface area contributed by atoms with E-state index in [2.05, 4.69) is 25.8 Å². The van der Waals surface area contributed by atoms with Crippen LogP contribution in [0.2, 0.25) is 0 Å². The molecule has 1 fully saturated rings. The topological polar surface area (TPSA) is 75.3 Å². The lowest BCUT2D eigenvalue weighted by atomic mass is 10.4. The van der Waals surface area contributed by atoms with Gasteiger partial charge in [0.2, 0.25) is 5.89 Å². The Balaban J connectivity index is 1.90. The SMILES string of the molecule is CCNC(=NCc1noc(C2CC2)n1)NCC. The third-order valence-corrected chi connectivity index (χ3v) is 2.48. The number of nitrogens with one attached hydrogen (secondary N) is 2. The first kappa shape index (κ1) is 11.9. The second-order valence-electron chi connectivity index (χ2n) is 4.05. The van der Waals surface area contributed by atoms with Gasteiger partial charge in [-0.15, -0.1) is 0 Å². The number of hydrogen-bond donors (Lipinski definition) is 2. The first-order valence-electron chi connectivity index (χ1n) is 6.18. The van der Waals surface area contributed by atoms with Crippen molar-refractivity contribution in [1.82, 2.24) is 20.8 Å². The molecule has 6 heteroatoms. The zero-order chi connectivity index (χ0) is 12.1. The number of nitrogens with zero attached hydrogens (tertiary/aromatic N) is 3. The zero-order valence-electron chi connectivity index (χ0n) is 10.4. The number of aliphatic imine (C=N–C) groups is 1. The maximum atomic E-state index is 5.17. The van der Waals surface area contributed by atoms with E-state index in [4.69, 9.17) is 4.52 Å². The van der Waals surface area contributed by atoms with Gasteiger partial charge in [0.1, 0.15) is 6.54 Å². The molecule has 0 aromatic carbocycles. The second kappa shape index (κ2) is 5.65. The van der Waals surface area contributed by atoms with Crippen LogP contribution in [-0.2, 0) is 6.54 Å². The average molecular weight is 237 g/mol. The molecule has 1 aromatic heterocycles. The molecule has 17 heavy (non-hydrogen) atoms. The summed E-state index contributed by atoms with van der Waals surface area (Å²) >= 11 is 0. The van der Waals surface area contributed by atoms with Crippen LogP contribution < -0.4 is 10.6 Å². The van der Waals surface area contributed by atoms with Crippen LogP contribution in [0.3, 0.4) is 0 Å². The third kappa shape index (κ3) is 3.44. The molecule has 0 amide bonds. The van der Waals surface area contributed by atoms with E-state index in [1.165, 1.54) is 12.8 Å². The quantitative estimate of drug-likeness (QED) is 0.590. The van der Waals surface area contributed by atoms with Crippen molar-refractivity contribution in [2.24, 2.45) is 4.99 Å². The molecule has 0 aliphatic heterocycles. The van der Waals surface area contributed by atoms with E-state index in [0.717, 1.165) is 24.9 Å². The average Bonchev–Trinajstić information content (AvgIpc) is 3.07. The first-order chi connectivity index (χ1) is 8.33. The molecule has 2 N–H and O–H groups in total. The molecule has 1 aromatic rings. The molecular weight excluding hydrogens is 218 g/mol. The lowest BCUT2D eigenvalue weighted by Crippen LogP contribution is -2.37. The number of aromatic nitrogens is 2. The van der Waals surface area contributed by atoms with E-state index in [1.54, 1.807) is 0 Å². The molecule has 0 unspecified atom stereocenters. The van der Waals surface area contributed by atoms with Crippen molar-refractivity contribution in [2.75, 3.05) is 13.1 Å². The van der Waals surface area contributed by atoms with E-state index in [1.807, 2.05) is 13.8 Å². The van der Waals surface area contributed by atoms with Crippen LogP contribution in [0.1, 0.15) is 44.3 Å². The maximum Gasteiger partial charge on any atom is 0.229 e. The molecule has 0 radical (unpaired) electrons. The Labute approximate surface area is 101 Å². The highest BCUT2D eigenvalue weighted by Crippen LogP contribution is 2.38. The molecule has 0 spiro atoms. The predicted octanol–water partition coefficient (Wildman–Crippen LogP) is 1.02. The summed E-state index contributed by atoms with van der Waals surface area (Å²) in [7, 11) is 0. The molecule has 0 bridgehead atoms. The fourth-order valence-electron chi connectivity index (χ4n) is 1.49. The molecule has 1 saturated carbocycles. The van der Waals surface area contributed by atoms with Gasteiger partial charge in [0.15, 0.2) is 11.8 Å². The van der Waals surface area contributed by atoms with Gasteiger partial charge in [0.05, 0.1) is 0 Å². The van der Waals surface area contributed by atoms with E-state index >= 15 is 0 Å². The lowest BCUT2D eigenvalue weighted by molar-refractivity contribution is 0.374. The van der Waals surface area contributed by atoms with Crippen LogP contribution in [0.15, 0.2) is 9.52 Å². The van der Waals surface area contributed by atoms with Crippen molar-refractivity contribution in [3.8, 4) is 0 Å². The van der Waals surface area contributed by atoms with Gasteiger partial charge in [0.25, 0.3) is 0 Å². The number of hydrogen-bond acceptors (Lipinski definition) is 4. The highest BCUT2D eigenvalue weighted by molar-refractivity contribution is 5.79. The number of guanidine groups is 1. The number of rotatable bonds is 5. The van der Waals surface area contributed by atoms with Crippen LogP contribution in [0.4, 0.5) is 0 Å². The van der Waals surface area contributed by atoms with Gasteiger partial charge in [-0.3, -0.25) is 0 Å². The van der Waals surface area contributed by atoms with Crippen molar-refractivity contribution in [1.29, 1.82) is 0 Å². The Morgan fingerprint density at radius 3 is 2.65 bits per heavy atom. The molecule has 1 heterocycles. The summed E-state index contributed by atoms with van der Waals surface area (Å²) in [5.41, 5.74) is 0. The minimum atomic E-state index is 0.450. The summed E-state index contributed by atoms with van der Waals surface area (Å²) in [6.45, 7) is 6.20. The summed E-state index contributed by atoms with van der Waals surface area (Å²) in [4.78, 5) is 8.70. The van der Waals surface area contributed by atoms with Gasteiger partial charge < -0.3 is 15.2 Å². The van der Waals surface area contributed by atoms with E-state index in [0.29, 0.717) is 18.3 Å². The Kier molecular flexibility index (Phi) is 3.95. The van der Waals surface area contributed by atoms with Crippen LogP contribution in [-0.4, -0.2) is 29.2 Å². The van der Waals surface area contributed by atoms with Crippen molar-refractivity contribution >= 4 is 5.96 Å². The van der Waals surface area contributed by atoms with Crippen molar-refractivity contribution in [3.63, 3.8) is 0 Å². The van der Waals surface area contributed by atoms with Gasteiger partial charge in [-0.25, -0.2) is 4.99 Å². The molecule has 0 saturated heterocycles. The standard InChI is InChI=1S/C11H19N5O/c1-3-12-11(13-4-2)14-7-9-15-10(17-16-9)8-5-6-8/h8H,3-7H2,1-2H3,(H2,12,13,14). The van der Waals surface area contributed by atoms with Gasteiger partial charge in [-0.05, 0) is 26.7 Å². The molecule has 94 valence electrons. The van der Waals surface area contributed by atoms with Gasteiger partial charge in [0, 0.05) is 19.0 Å². The largest absolute Gasteiger partial charge is 0.357 e. The third-order valence-electron chi connectivity index (χ3n) is 2.48. The smallest absolute Gasteiger partial charge is 0.229 e. The van der Waals surface area contributed by atoms with Crippen LogP contribution >= 0.6 is 0 Å². The fraction of sp³-hybridized carbons (Fsp3) is 0.727. The van der Waals surface area contributed by atoms with Crippen LogP contribution in [0.5, 0.6) is 0 Å². The van der Waals surface area contributed by atoms with Gasteiger partial charge >= 0.3 is 0 Å². The zero-order valence-corrected chi connectivity index (χ0v) is 10.4. The predicted molar refractivity (Wildman–Crippen MR) is 64.8 cm³/mol. The van der Waals surface area contributed by atoms with E-state index in [9.17, 15) is 0 Å². The molecule has 0 atom stereocenters. The summed E-state index contributed by atoms with van der Waals surface area (Å²) in [5.74, 6) is 2.71. The summed E-state index contributed by atoms with van der Waals surface area (Å²) in [6.07, 6.45) is 2.34. The Hall–Kier alpha value is -1.59. The summed E-state index contributed by atoms with van der Waals surface area (Å²) < 4.78 is 5.17. The molecule has 2 rings (SSSR count).